The van der Waals surface area contributed by atoms with Crippen molar-refractivity contribution in [1.29, 1.82) is 0 Å². The molecule has 0 saturated carbocycles. The van der Waals surface area contributed by atoms with Gasteiger partial charge < -0.3 is 10.1 Å². The van der Waals surface area contributed by atoms with Gasteiger partial charge in [0.25, 0.3) is 0 Å². The molecular formula is C20H19Br2NO2. The number of nitrogens with one attached hydrogen (secondary N) is 1. The summed E-state index contributed by atoms with van der Waals surface area (Å²) in [5.74, 6) is -0.0913. The van der Waals surface area contributed by atoms with E-state index >= 15 is 0 Å². The maximum absolute atomic E-state index is 11.0. The fraction of sp³-hybridized carbons (Fsp3) is 0.150. The maximum Gasteiger partial charge on any atom is 0.246 e. The van der Waals surface area contributed by atoms with Gasteiger partial charge in [0.05, 0.1) is 0 Å². The monoisotopic (exact) mass is 463 g/mol. The average Bonchev–Trinajstić information content (AvgIpc) is 2.62. The summed E-state index contributed by atoms with van der Waals surface area (Å²) in [5, 5.41) is 5.24. The third kappa shape index (κ3) is 6.61. The molecule has 0 radical (unpaired) electrons. The van der Waals surface area contributed by atoms with E-state index in [1.807, 2.05) is 42.5 Å². The molecule has 3 aromatic rings. The fourth-order valence-electron chi connectivity index (χ4n) is 2.19. The molecule has 0 saturated heterocycles. The number of benzene rings is 3. The Hall–Kier alpha value is -1.69. The summed E-state index contributed by atoms with van der Waals surface area (Å²) >= 11 is 6.95. The quantitative estimate of drug-likeness (QED) is 0.567. The highest BCUT2D eigenvalue weighted by atomic mass is 79.9. The van der Waals surface area contributed by atoms with Gasteiger partial charge in [-0.1, -0.05) is 80.4 Å². The number of carbonyl (C=O) groups excluding carboxylic acids is 1. The largest absolute Gasteiger partial charge is 0.375 e. The van der Waals surface area contributed by atoms with E-state index in [1.165, 1.54) is 17.9 Å². The molecule has 1 amide bonds. The van der Waals surface area contributed by atoms with Crippen LogP contribution in [-0.2, 0) is 16.1 Å². The summed E-state index contributed by atoms with van der Waals surface area (Å²) in [6.07, 6.45) is 0. The number of halogens is 2. The van der Waals surface area contributed by atoms with Gasteiger partial charge in [-0.2, -0.15) is 0 Å². The Balaban J connectivity index is 0.000000181. The van der Waals surface area contributed by atoms with Crippen LogP contribution in [0.3, 0.4) is 0 Å². The molecule has 5 heteroatoms. The highest BCUT2D eigenvalue weighted by Crippen LogP contribution is 2.26. The Morgan fingerprint density at radius 3 is 2.48 bits per heavy atom. The molecule has 0 atom stereocenters. The van der Waals surface area contributed by atoms with Gasteiger partial charge in [-0.15, -0.1) is 0 Å². The molecule has 0 heterocycles. The van der Waals surface area contributed by atoms with E-state index in [0.29, 0.717) is 6.54 Å². The number of rotatable bonds is 4. The van der Waals surface area contributed by atoms with Crippen LogP contribution in [0.25, 0.3) is 10.8 Å². The first kappa shape index (κ1) is 19.6. The molecule has 0 fully saturated rings. The molecule has 0 aromatic heterocycles. The van der Waals surface area contributed by atoms with E-state index in [1.54, 1.807) is 0 Å². The maximum atomic E-state index is 11.0. The second-order valence-corrected chi connectivity index (χ2v) is 7.07. The normalized spacial score (nSPS) is 10.0. The molecule has 25 heavy (non-hydrogen) atoms. The van der Waals surface area contributed by atoms with Crippen molar-refractivity contribution in [3.63, 3.8) is 0 Å². The summed E-state index contributed by atoms with van der Waals surface area (Å²) in [5.41, 5.74) is 1.09. The van der Waals surface area contributed by atoms with E-state index in [0.717, 1.165) is 14.5 Å². The first-order chi connectivity index (χ1) is 12.1. The number of carbonyl (C=O) groups is 1. The van der Waals surface area contributed by atoms with Gasteiger partial charge in [0, 0.05) is 22.6 Å². The fourth-order valence-corrected chi connectivity index (χ4v) is 3.09. The van der Waals surface area contributed by atoms with Crippen LogP contribution < -0.4 is 5.32 Å². The molecule has 1 N–H and O–H groups in total. The van der Waals surface area contributed by atoms with Crippen LogP contribution in [0, 0.1) is 0 Å². The summed E-state index contributed by atoms with van der Waals surface area (Å²) in [6.45, 7) is 0.676. The van der Waals surface area contributed by atoms with E-state index in [2.05, 4.69) is 66.2 Å². The van der Waals surface area contributed by atoms with Crippen molar-refractivity contribution >= 4 is 48.5 Å². The number of hydrogen-bond donors (Lipinski definition) is 1. The lowest BCUT2D eigenvalue weighted by Crippen LogP contribution is -2.26. The lowest BCUT2D eigenvalue weighted by atomic mass is 10.1. The summed E-state index contributed by atoms with van der Waals surface area (Å²) in [6, 6.07) is 22.2. The zero-order chi connectivity index (χ0) is 18.1. The Labute approximate surface area is 164 Å². The minimum Gasteiger partial charge on any atom is -0.375 e. The van der Waals surface area contributed by atoms with Crippen molar-refractivity contribution in [1.82, 2.24) is 5.32 Å². The number of amides is 1. The molecule has 0 aliphatic rings. The Morgan fingerprint density at radius 2 is 1.76 bits per heavy atom. The van der Waals surface area contributed by atoms with Crippen LogP contribution in [0.4, 0.5) is 0 Å². The van der Waals surface area contributed by atoms with Gasteiger partial charge in [0.1, 0.15) is 6.61 Å². The smallest absolute Gasteiger partial charge is 0.246 e. The molecule has 0 unspecified atom stereocenters. The lowest BCUT2D eigenvalue weighted by Gasteiger charge is -2.03. The number of methoxy groups -OCH3 is 1. The molecule has 3 rings (SSSR count). The van der Waals surface area contributed by atoms with E-state index in [-0.39, 0.29) is 12.5 Å². The standard InChI is InChI=1S/C10H6Br2.C10H13NO2/c11-8-4-5-9-7(6-8)2-1-3-10(9)12;1-13-8-10(12)11-7-9-5-3-2-4-6-9/h1-6H;2-6H,7-8H2,1H3,(H,11,12). The van der Waals surface area contributed by atoms with Crippen LogP contribution in [0.1, 0.15) is 5.56 Å². The summed E-state index contributed by atoms with van der Waals surface area (Å²) in [4.78, 5) is 11.0. The van der Waals surface area contributed by atoms with E-state index < -0.39 is 0 Å². The van der Waals surface area contributed by atoms with Gasteiger partial charge in [0.15, 0.2) is 0 Å². The molecule has 0 bridgehead atoms. The summed E-state index contributed by atoms with van der Waals surface area (Å²) < 4.78 is 6.94. The molecule has 3 aromatic carbocycles. The van der Waals surface area contributed by atoms with Gasteiger partial charge >= 0.3 is 0 Å². The number of hydrogen-bond acceptors (Lipinski definition) is 2. The Morgan fingerprint density at radius 1 is 1.00 bits per heavy atom. The zero-order valence-corrected chi connectivity index (χ0v) is 17.0. The van der Waals surface area contributed by atoms with Crippen molar-refractivity contribution in [2.75, 3.05) is 13.7 Å². The minimum atomic E-state index is -0.0913. The first-order valence-corrected chi connectivity index (χ1v) is 9.32. The molecule has 0 aliphatic heterocycles. The minimum absolute atomic E-state index is 0.0913. The third-order valence-corrected chi connectivity index (χ3v) is 4.58. The summed E-state index contributed by atoms with van der Waals surface area (Å²) in [7, 11) is 1.50. The van der Waals surface area contributed by atoms with Gasteiger partial charge in [-0.3, -0.25) is 4.79 Å². The Bertz CT molecular complexity index is 822. The van der Waals surface area contributed by atoms with Crippen molar-refractivity contribution in [3.8, 4) is 0 Å². The topological polar surface area (TPSA) is 38.3 Å². The van der Waals surface area contributed by atoms with Crippen molar-refractivity contribution in [2.45, 2.75) is 6.54 Å². The van der Waals surface area contributed by atoms with Crippen LogP contribution >= 0.6 is 31.9 Å². The lowest BCUT2D eigenvalue weighted by molar-refractivity contribution is -0.124. The van der Waals surface area contributed by atoms with Crippen LogP contribution in [0.15, 0.2) is 75.7 Å². The van der Waals surface area contributed by atoms with Crippen LogP contribution in [0.2, 0.25) is 0 Å². The van der Waals surface area contributed by atoms with Crippen molar-refractivity contribution in [2.24, 2.45) is 0 Å². The third-order valence-electron chi connectivity index (χ3n) is 3.40. The van der Waals surface area contributed by atoms with Gasteiger partial charge in [-0.05, 0) is 34.5 Å². The van der Waals surface area contributed by atoms with Crippen molar-refractivity contribution in [3.05, 3.63) is 81.2 Å². The second kappa shape index (κ2) is 10.3. The highest BCUT2D eigenvalue weighted by molar-refractivity contribution is 9.11. The average molecular weight is 465 g/mol. The molecule has 3 nitrogen and oxygen atoms in total. The van der Waals surface area contributed by atoms with E-state index in [4.69, 9.17) is 0 Å². The molecule has 0 aliphatic carbocycles. The SMILES string of the molecule is Brc1ccc2c(Br)cccc2c1.COCC(=O)NCc1ccccc1. The van der Waals surface area contributed by atoms with E-state index in [9.17, 15) is 4.79 Å². The van der Waals surface area contributed by atoms with Gasteiger partial charge in [0.2, 0.25) is 5.91 Å². The highest BCUT2D eigenvalue weighted by Gasteiger charge is 1.98. The zero-order valence-electron chi connectivity index (χ0n) is 13.8. The molecule has 0 spiro atoms. The second-order valence-electron chi connectivity index (χ2n) is 5.30. The Kier molecular flexibility index (Phi) is 8.12. The predicted molar refractivity (Wildman–Crippen MR) is 110 cm³/mol. The molecular weight excluding hydrogens is 446 g/mol. The van der Waals surface area contributed by atoms with Crippen molar-refractivity contribution < 1.29 is 9.53 Å². The molecule has 130 valence electrons. The van der Waals surface area contributed by atoms with Crippen LogP contribution in [-0.4, -0.2) is 19.6 Å². The number of ether oxygens (including phenoxy) is 1. The first-order valence-electron chi connectivity index (χ1n) is 7.73. The van der Waals surface area contributed by atoms with Gasteiger partial charge in [-0.25, -0.2) is 0 Å². The van der Waals surface area contributed by atoms with Crippen LogP contribution in [0.5, 0.6) is 0 Å². The predicted octanol–water partition coefficient (Wildman–Crippen LogP) is 5.31. The number of fused-ring (bicyclic) bond motifs is 1.